The molecule has 2 heterocycles. The molecule has 118 valence electrons. The summed E-state index contributed by atoms with van der Waals surface area (Å²) >= 11 is 1.62. The summed E-state index contributed by atoms with van der Waals surface area (Å²) in [6.45, 7) is 0. The van der Waals surface area contributed by atoms with Gasteiger partial charge in [0.15, 0.2) is 5.78 Å². The first-order valence-electron chi connectivity index (χ1n) is 7.34. The molecule has 24 heavy (non-hydrogen) atoms. The molecule has 0 saturated carbocycles. The largest absolute Gasteiger partial charge is 0.289 e. The Hall–Kier alpha value is -2.73. The van der Waals surface area contributed by atoms with E-state index < -0.39 is 5.82 Å². The predicted octanol–water partition coefficient (Wildman–Crippen LogP) is 3.78. The van der Waals surface area contributed by atoms with Crippen molar-refractivity contribution in [2.24, 2.45) is 0 Å². The van der Waals surface area contributed by atoms with E-state index in [1.54, 1.807) is 30.0 Å². The van der Waals surface area contributed by atoms with Crippen LogP contribution in [0.25, 0.3) is 11.8 Å². The van der Waals surface area contributed by atoms with E-state index in [1.807, 2.05) is 24.3 Å². The molecule has 0 N–H and O–H groups in total. The van der Waals surface area contributed by atoms with Gasteiger partial charge in [-0.2, -0.15) is 5.10 Å². The second kappa shape index (κ2) is 6.05. The van der Waals surface area contributed by atoms with Crippen LogP contribution in [0.4, 0.5) is 4.39 Å². The molecule has 0 aliphatic carbocycles. The summed E-state index contributed by atoms with van der Waals surface area (Å²) in [5.41, 5.74) is 2.36. The summed E-state index contributed by atoms with van der Waals surface area (Å²) in [6, 6.07) is 12.4. The summed E-state index contributed by atoms with van der Waals surface area (Å²) < 4.78 is 15.7. The van der Waals surface area contributed by atoms with Gasteiger partial charge in [-0.15, -0.1) is 11.8 Å². The van der Waals surface area contributed by atoms with E-state index in [0.29, 0.717) is 28.1 Å². The van der Waals surface area contributed by atoms with Crippen molar-refractivity contribution < 1.29 is 9.18 Å². The zero-order valence-electron chi connectivity index (χ0n) is 12.5. The molecule has 0 fully saturated rings. The maximum Gasteiger partial charge on any atom is 0.191 e. The Balaban J connectivity index is 1.67. The van der Waals surface area contributed by atoms with E-state index >= 15 is 0 Å². The molecule has 0 spiro atoms. The first-order valence-corrected chi connectivity index (χ1v) is 8.32. The maximum atomic E-state index is 14.3. The Bertz CT molecular complexity index is 951. The number of carbonyl (C=O) groups excluding carboxylic acids is 1. The van der Waals surface area contributed by atoms with Crippen LogP contribution in [0.1, 0.15) is 15.9 Å². The smallest absolute Gasteiger partial charge is 0.191 e. The van der Waals surface area contributed by atoms with Crippen molar-refractivity contribution in [3.63, 3.8) is 0 Å². The van der Waals surface area contributed by atoms with Crippen LogP contribution in [0.5, 0.6) is 0 Å². The van der Waals surface area contributed by atoms with Gasteiger partial charge in [-0.05, 0) is 35.9 Å². The summed E-state index contributed by atoms with van der Waals surface area (Å²) in [4.78, 5) is 17.4. The first kappa shape index (κ1) is 14.8. The van der Waals surface area contributed by atoms with E-state index in [2.05, 4.69) is 10.1 Å². The van der Waals surface area contributed by atoms with Crippen LogP contribution < -0.4 is 0 Å². The van der Waals surface area contributed by atoms with Gasteiger partial charge in [0.2, 0.25) is 0 Å². The van der Waals surface area contributed by atoms with E-state index in [9.17, 15) is 9.18 Å². The topological polar surface area (TPSA) is 47.8 Å². The highest BCUT2D eigenvalue weighted by Crippen LogP contribution is 2.33. The van der Waals surface area contributed by atoms with E-state index in [1.165, 1.54) is 23.4 Å². The summed E-state index contributed by atoms with van der Waals surface area (Å²) in [7, 11) is 0. The standard InChI is InChI=1S/C18H12FN3OS/c19-15-8-12(5-6-16(15)22-11-20-10-21-22)7-13-9-24-17-4-2-1-3-14(17)18(13)23/h1-8,10-11H,9H2/b13-7+. The zero-order chi connectivity index (χ0) is 16.5. The van der Waals surface area contributed by atoms with Gasteiger partial charge >= 0.3 is 0 Å². The molecule has 1 aliphatic heterocycles. The molecular weight excluding hydrogens is 325 g/mol. The molecule has 4 rings (SSSR count). The van der Waals surface area contributed by atoms with Crippen molar-refractivity contribution in [3.8, 4) is 5.69 Å². The third kappa shape index (κ3) is 2.65. The molecule has 0 bridgehead atoms. The van der Waals surface area contributed by atoms with Gasteiger partial charge in [0.05, 0.1) is 0 Å². The van der Waals surface area contributed by atoms with Crippen molar-refractivity contribution in [1.29, 1.82) is 0 Å². The molecule has 0 unspecified atom stereocenters. The SMILES string of the molecule is O=C1/C(=C/c2ccc(-n3cncn3)c(F)c2)CSc2ccccc21. The van der Waals surface area contributed by atoms with Crippen LogP contribution in [0.2, 0.25) is 0 Å². The van der Waals surface area contributed by atoms with E-state index in [4.69, 9.17) is 0 Å². The number of hydrogen-bond acceptors (Lipinski definition) is 4. The number of hydrogen-bond donors (Lipinski definition) is 0. The van der Waals surface area contributed by atoms with Gasteiger partial charge in [0.1, 0.15) is 24.2 Å². The summed E-state index contributed by atoms with van der Waals surface area (Å²) in [5, 5.41) is 3.92. The molecule has 1 aliphatic rings. The van der Waals surface area contributed by atoms with Crippen LogP contribution in [0, 0.1) is 5.82 Å². The molecule has 0 saturated heterocycles. The molecule has 0 amide bonds. The molecular formula is C18H12FN3OS. The van der Waals surface area contributed by atoms with Gasteiger partial charge in [-0.3, -0.25) is 4.79 Å². The normalized spacial score (nSPS) is 15.5. The molecule has 3 aromatic rings. The van der Waals surface area contributed by atoms with Gasteiger partial charge in [0, 0.05) is 21.8 Å². The van der Waals surface area contributed by atoms with Gasteiger partial charge in [-0.25, -0.2) is 14.1 Å². The lowest BCUT2D eigenvalue weighted by atomic mass is 10.0. The lowest BCUT2D eigenvalue weighted by Gasteiger charge is -2.16. The van der Waals surface area contributed by atoms with E-state index in [0.717, 1.165) is 4.90 Å². The second-order valence-electron chi connectivity index (χ2n) is 5.33. The predicted molar refractivity (Wildman–Crippen MR) is 90.8 cm³/mol. The van der Waals surface area contributed by atoms with Crippen molar-refractivity contribution >= 4 is 23.6 Å². The molecule has 2 aromatic carbocycles. The monoisotopic (exact) mass is 337 g/mol. The quantitative estimate of drug-likeness (QED) is 0.668. The van der Waals surface area contributed by atoms with Crippen LogP contribution in [-0.4, -0.2) is 26.3 Å². The fourth-order valence-corrected chi connectivity index (χ4v) is 3.63. The fourth-order valence-electron chi connectivity index (χ4n) is 2.61. The Labute approximate surface area is 142 Å². The Morgan fingerprint density at radius 2 is 2.08 bits per heavy atom. The van der Waals surface area contributed by atoms with Crippen LogP contribution in [0.3, 0.4) is 0 Å². The van der Waals surface area contributed by atoms with Crippen molar-refractivity contribution in [1.82, 2.24) is 14.8 Å². The average Bonchev–Trinajstić information content (AvgIpc) is 3.12. The third-order valence-electron chi connectivity index (χ3n) is 3.78. The fraction of sp³-hybridized carbons (Fsp3) is 0.0556. The number of Topliss-reactive ketones (excluding diaryl/α,β-unsaturated/α-hetero) is 1. The molecule has 4 nitrogen and oxygen atoms in total. The lowest BCUT2D eigenvalue weighted by molar-refractivity contribution is 0.103. The number of halogens is 1. The highest BCUT2D eigenvalue weighted by atomic mass is 32.2. The van der Waals surface area contributed by atoms with Crippen LogP contribution in [-0.2, 0) is 0 Å². The minimum atomic E-state index is -0.411. The summed E-state index contributed by atoms with van der Waals surface area (Å²) in [6.07, 6.45) is 4.54. The minimum Gasteiger partial charge on any atom is -0.289 e. The number of carbonyl (C=O) groups is 1. The number of benzene rings is 2. The van der Waals surface area contributed by atoms with Gasteiger partial charge in [-0.1, -0.05) is 18.2 Å². The number of thioether (sulfide) groups is 1. The number of aromatic nitrogens is 3. The lowest BCUT2D eigenvalue weighted by Crippen LogP contribution is -2.12. The van der Waals surface area contributed by atoms with Crippen LogP contribution >= 0.6 is 11.8 Å². The molecule has 1 aromatic heterocycles. The highest BCUT2D eigenvalue weighted by Gasteiger charge is 2.21. The second-order valence-corrected chi connectivity index (χ2v) is 6.35. The Kier molecular flexibility index (Phi) is 3.74. The van der Waals surface area contributed by atoms with Crippen molar-refractivity contribution in [3.05, 3.63) is 77.6 Å². The highest BCUT2D eigenvalue weighted by molar-refractivity contribution is 7.99. The Morgan fingerprint density at radius 1 is 1.21 bits per heavy atom. The molecule has 0 atom stereocenters. The number of ketones is 1. The number of fused-ring (bicyclic) bond motifs is 1. The average molecular weight is 337 g/mol. The molecule has 6 heteroatoms. The van der Waals surface area contributed by atoms with Gasteiger partial charge in [0.25, 0.3) is 0 Å². The van der Waals surface area contributed by atoms with E-state index in [-0.39, 0.29) is 5.78 Å². The zero-order valence-corrected chi connectivity index (χ0v) is 13.3. The summed E-state index contributed by atoms with van der Waals surface area (Å²) in [5.74, 6) is 0.179. The number of rotatable bonds is 2. The first-order chi connectivity index (χ1) is 11.7. The van der Waals surface area contributed by atoms with Crippen molar-refractivity contribution in [2.75, 3.05) is 5.75 Å². The minimum absolute atomic E-state index is 0.00473. The Morgan fingerprint density at radius 3 is 2.88 bits per heavy atom. The van der Waals surface area contributed by atoms with Crippen molar-refractivity contribution in [2.45, 2.75) is 4.90 Å². The van der Waals surface area contributed by atoms with Crippen LogP contribution in [0.15, 0.2) is 65.6 Å². The molecule has 0 radical (unpaired) electrons. The maximum absolute atomic E-state index is 14.3. The third-order valence-corrected chi connectivity index (χ3v) is 4.91. The number of nitrogens with zero attached hydrogens (tertiary/aromatic N) is 3. The van der Waals surface area contributed by atoms with Gasteiger partial charge < -0.3 is 0 Å².